The average Bonchev–Trinajstić information content (AvgIpc) is 2.27. The quantitative estimate of drug-likeness (QED) is 0.822. The van der Waals surface area contributed by atoms with Gasteiger partial charge in [-0.15, -0.1) is 0 Å². The lowest BCUT2D eigenvalue weighted by molar-refractivity contribution is 0.582. The summed E-state index contributed by atoms with van der Waals surface area (Å²) in [5.74, 6) is -1.20. The van der Waals surface area contributed by atoms with E-state index in [1.807, 2.05) is 0 Å². The van der Waals surface area contributed by atoms with Crippen LogP contribution >= 0.6 is 0 Å². The minimum Gasteiger partial charge on any atom is -0.397 e. The Kier molecular flexibility index (Phi) is 2.79. The van der Waals surface area contributed by atoms with E-state index in [1.54, 1.807) is 19.9 Å². The van der Waals surface area contributed by atoms with Crippen molar-refractivity contribution in [2.75, 3.05) is 5.73 Å². The Balaban J connectivity index is 2.72. The second-order valence-electron chi connectivity index (χ2n) is 3.99. The van der Waals surface area contributed by atoms with Crippen LogP contribution in [0.15, 0.2) is 24.4 Å². The Hall–Kier alpha value is -1.97. The van der Waals surface area contributed by atoms with Crippen LogP contribution in [-0.2, 0) is 0 Å². The van der Waals surface area contributed by atoms with Crippen molar-refractivity contribution in [3.63, 3.8) is 0 Å². The van der Waals surface area contributed by atoms with Gasteiger partial charge in [0.1, 0.15) is 11.6 Å². The molecule has 0 radical (unpaired) electrons. The van der Waals surface area contributed by atoms with E-state index in [0.717, 1.165) is 0 Å². The Bertz CT molecular complexity index is 580. The van der Waals surface area contributed by atoms with Gasteiger partial charge in [-0.3, -0.25) is 4.98 Å². The number of benzene rings is 1. The number of aromatic nitrogens is 1. The number of nitrogens with two attached hydrogens (primary N) is 1. The largest absolute Gasteiger partial charge is 0.397 e. The molecular formula is C13H12F2N2. The Morgan fingerprint density at radius 1 is 1.12 bits per heavy atom. The topological polar surface area (TPSA) is 38.9 Å². The van der Waals surface area contributed by atoms with Crippen molar-refractivity contribution >= 4 is 5.69 Å². The van der Waals surface area contributed by atoms with E-state index in [9.17, 15) is 8.78 Å². The van der Waals surface area contributed by atoms with Crippen molar-refractivity contribution < 1.29 is 8.78 Å². The minimum atomic E-state index is -0.617. The fourth-order valence-electron chi connectivity index (χ4n) is 1.73. The maximum atomic E-state index is 13.9. The fraction of sp³-hybridized carbons (Fsp3) is 0.154. The van der Waals surface area contributed by atoms with Crippen LogP contribution < -0.4 is 5.73 Å². The number of hydrogen-bond donors (Lipinski definition) is 1. The first-order valence-electron chi connectivity index (χ1n) is 5.18. The second-order valence-corrected chi connectivity index (χ2v) is 3.99. The van der Waals surface area contributed by atoms with Crippen molar-refractivity contribution in [2.45, 2.75) is 13.8 Å². The molecule has 88 valence electrons. The third-order valence-corrected chi connectivity index (χ3v) is 2.62. The molecule has 0 atom stereocenters. The van der Waals surface area contributed by atoms with Gasteiger partial charge in [0, 0.05) is 0 Å². The van der Waals surface area contributed by atoms with E-state index in [2.05, 4.69) is 4.98 Å². The Morgan fingerprint density at radius 3 is 2.47 bits per heavy atom. The number of rotatable bonds is 1. The second kappa shape index (κ2) is 4.13. The molecule has 0 fully saturated rings. The highest BCUT2D eigenvalue weighted by atomic mass is 19.1. The SMILES string of the molecule is Cc1cc(N)cnc1-c1c(F)ccc(C)c1F. The van der Waals surface area contributed by atoms with Crippen LogP contribution in [0.5, 0.6) is 0 Å². The summed E-state index contributed by atoms with van der Waals surface area (Å²) in [6, 6.07) is 4.29. The van der Waals surface area contributed by atoms with Gasteiger partial charge in [0.25, 0.3) is 0 Å². The summed E-state index contributed by atoms with van der Waals surface area (Å²) in [5, 5.41) is 0. The maximum Gasteiger partial charge on any atom is 0.138 e. The summed E-state index contributed by atoms with van der Waals surface area (Å²) in [5.41, 5.74) is 7.26. The van der Waals surface area contributed by atoms with Crippen LogP contribution in [0.2, 0.25) is 0 Å². The zero-order valence-electron chi connectivity index (χ0n) is 9.59. The molecule has 2 N–H and O–H groups in total. The number of anilines is 1. The van der Waals surface area contributed by atoms with Crippen LogP contribution in [0.4, 0.5) is 14.5 Å². The van der Waals surface area contributed by atoms with Gasteiger partial charge in [-0.25, -0.2) is 8.78 Å². The molecule has 4 heteroatoms. The van der Waals surface area contributed by atoms with Crippen LogP contribution in [0.3, 0.4) is 0 Å². The molecular weight excluding hydrogens is 222 g/mol. The van der Waals surface area contributed by atoms with Crippen molar-refractivity contribution in [1.82, 2.24) is 4.98 Å². The van der Waals surface area contributed by atoms with Crippen molar-refractivity contribution in [1.29, 1.82) is 0 Å². The number of pyridine rings is 1. The average molecular weight is 234 g/mol. The lowest BCUT2D eigenvalue weighted by Gasteiger charge is -2.09. The van der Waals surface area contributed by atoms with E-state index < -0.39 is 11.6 Å². The summed E-state index contributed by atoms with van der Waals surface area (Å²) < 4.78 is 27.6. The molecule has 0 saturated carbocycles. The summed E-state index contributed by atoms with van der Waals surface area (Å²) in [6.45, 7) is 3.31. The van der Waals surface area contributed by atoms with E-state index in [4.69, 9.17) is 5.73 Å². The van der Waals surface area contributed by atoms with E-state index in [1.165, 1.54) is 18.3 Å². The molecule has 17 heavy (non-hydrogen) atoms. The molecule has 2 aromatic rings. The fourth-order valence-corrected chi connectivity index (χ4v) is 1.73. The molecule has 2 rings (SSSR count). The van der Waals surface area contributed by atoms with Crippen molar-refractivity contribution in [2.24, 2.45) is 0 Å². The van der Waals surface area contributed by atoms with Crippen LogP contribution in [0.25, 0.3) is 11.3 Å². The van der Waals surface area contributed by atoms with Gasteiger partial charge < -0.3 is 5.73 Å². The lowest BCUT2D eigenvalue weighted by atomic mass is 10.0. The number of halogens is 2. The van der Waals surface area contributed by atoms with Gasteiger partial charge in [0.15, 0.2) is 0 Å². The van der Waals surface area contributed by atoms with E-state index >= 15 is 0 Å². The smallest absolute Gasteiger partial charge is 0.138 e. The minimum absolute atomic E-state index is 0.0949. The van der Waals surface area contributed by atoms with Crippen LogP contribution in [-0.4, -0.2) is 4.98 Å². The van der Waals surface area contributed by atoms with Crippen molar-refractivity contribution in [3.05, 3.63) is 47.2 Å². The molecule has 0 aliphatic carbocycles. The van der Waals surface area contributed by atoms with E-state index in [0.29, 0.717) is 16.8 Å². The van der Waals surface area contributed by atoms with Crippen LogP contribution in [0.1, 0.15) is 11.1 Å². The number of nitrogens with zero attached hydrogens (tertiary/aromatic N) is 1. The first kappa shape index (κ1) is 11.5. The third kappa shape index (κ3) is 1.98. The molecule has 0 bridgehead atoms. The van der Waals surface area contributed by atoms with Gasteiger partial charge in [-0.05, 0) is 37.1 Å². The third-order valence-electron chi connectivity index (χ3n) is 2.62. The normalized spacial score (nSPS) is 10.6. The van der Waals surface area contributed by atoms with Gasteiger partial charge >= 0.3 is 0 Å². The monoisotopic (exact) mass is 234 g/mol. The molecule has 0 spiro atoms. The van der Waals surface area contributed by atoms with E-state index in [-0.39, 0.29) is 11.3 Å². The summed E-state index contributed by atoms with van der Waals surface area (Å²) in [7, 11) is 0. The standard InChI is InChI=1S/C13H12F2N2/c1-7-3-4-10(14)11(12(7)15)13-8(2)5-9(16)6-17-13/h3-6H,16H2,1-2H3. The molecule has 1 heterocycles. The summed E-state index contributed by atoms with van der Waals surface area (Å²) in [6.07, 6.45) is 1.39. The molecule has 0 aliphatic heterocycles. The highest BCUT2D eigenvalue weighted by molar-refractivity contribution is 5.66. The van der Waals surface area contributed by atoms with Gasteiger partial charge in [0.05, 0.1) is 23.1 Å². The molecule has 2 nitrogen and oxygen atoms in total. The number of aryl methyl sites for hydroxylation is 2. The highest BCUT2D eigenvalue weighted by Crippen LogP contribution is 2.29. The molecule has 0 aliphatic rings. The maximum absolute atomic E-state index is 13.9. The molecule has 0 saturated heterocycles. The Labute approximate surface area is 98.1 Å². The summed E-state index contributed by atoms with van der Waals surface area (Å²) >= 11 is 0. The summed E-state index contributed by atoms with van der Waals surface area (Å²) in [4.78, 5) is 4.01. The predicted molar refractivity (Wildman–Crippen MR) is 63.5 cm³/mol. The zero-order chi connectivity index (χ0) is 12.6. The number of nitrogen functional groups attached to an aromatic ring is 1. The van der Waals surface area contributed by atoms with Gasteiger partial charge in [0.2, 0.25) is 0 Å². The predicted octanol–water partition coefficient (Wildman–Crippen LogP) is 3.23. The van der Waals surface area contributed by atoms with Crippen molar-refractivity contribution in [3.8, 4) is 11.3 Å². The Morgan fingerprint density at radius 2 is 1.82 bits per heavy atom. The molecule has 1 aromatic carbocycles. The van der Waals surface area contributed by atoms with Crippen LogP contribution in [0, 0.1) is 25.5 Å². The zero-order valence-corrected chi connectivity index (χ0v) is 9.59. The molecule has 0 unspecified atom stereocenters. The van der Waals surface area contributed by atoms with Gasteiger partial charge in [-0.2, -0.15) is 0 Å². The molecule has 0 amide bonds. The first-order chi connectivity index (χ1) is 8.00. The number of hydrogen-bond acceptors (Lipinski definition) is 2. The highest BCUT2D eigenvalue weighted by Gasteiger charge is 2.16. The molecule has 1 aromatic heterocycles. The lowest BCUT2D eigenvalue weighted by Crippen LogP contribution is -1.99. The first-order valence-corrected chi connectivity index (χ1v) is 5.18. The van der Waals surface area contributed by atoms with Gasteiger partial charge in [-0.1, -0.05) is 6.07 Å².